The summed E-state index contributed by atoms with van der Waals surface area (Å²) in [6.45, 7) is -0.0581. The minimum atomic E-state index is -4.82. The van der Waals surface area contributed by atoms with Crippen LogP contribution in [-0.4, -0.2) is 24.7 Å². The van der Waals surface area contributed by atoms with Crippen molar-refractivity contribution in [3.63, 3.8) is 0 Å². The van der Waals surface area contributed by atoms with Gasteiger partial charge in [-0.15, -0.1) is 13.2 Å². The molecule has 0 radical (unpaired) electrons. The summed E-state index contributed by atoms with van der Waals surface area (Å²) in [5.74, 6) is -2.30. The third-order valence-corrected chi connectivity index (χ3v) is 4.18. The van der Waals surface area contributed by atoms with Gasteiger partial charge in [0.25, 0.3) is 0 Å². The predicted molar refractivity (Wildman–Crippen MR) is 107 cm³/mol. The molecule has 0 aliphatic heterocycles. The summed E-state index contributed by atoms with van der Waals surface area (Å²) in [6, 6.07) is 13.9. The molecule has 0 aliphatic rings. The second-order valence-electron chi connectivity index (χ2n) is 6.34. The maximum Gasteiger partial charge on any atom is 0.573 e. The van der Waals surface area contributed by atoms with Gasteiger partial charge in [0, 0.05) is 11.4 Å². The molecule has 9 heteroatoms. The first-order valence-electron chi connectivity index (χ1n) is 9.03. The van der Waals surface area contributed by atoms with E-state index in [0.29, 0.717) is 16.1 Å². The van der Waals surface area contributed by atoms with Gasteiger partial charge in [-0.25, -0.2) is 0 Å². The first-order valence-corrected chi connectivity index (χ1v) is 9.41. The second-order valence-corrected chi connectivity index (χ2v) is 6.78. The highest BCUT2D eigenvalue weighted by Crippen LogP contribution is 2.24. The van der Waals surface area contributed by atoms with Crippen LogP contribution in [0.1, 0.15) is 29.9 Å². The number of rotatable bonds is 9. The van der Waals surface area contributed by atoms with Crippen LogP contribution in [-0.2, 0) is 14.3 Å². The Morgan fingerprint density at radius 2 is 1.90 bits per heavy atom. The third kappa shape index (κ3) is 8.93. The van der Waals surface area contributed by atoms with E-state index in [2.05, 4.69) is 10.8 Å². The molecule has 0 amide bonds. The molecule has 0 saturated heterocycles. The molecular formula is C22H17ClF3NO4. The third-order valence-electron chi connectivity index (χ3n) is 3.95. The number of carbonyl (C=O) groups is 2. The van der Waals surface area contributed by atoms with Crippen LogP contribution in [0.25, 0.3) is 6.08 Å². The van der Waals surface area contributed by atoms with E-state index in [1.807, 2.05) is 0 Å². The maximum absolute atomic E-state index is 12.2. The van der Waals surface area contributed by atoms with E-state index in [0.717, 1.165) is 18.2 Å². The lowest BCUT2D eigenvalue weighted by molar-refractivity contribution is -0.274. The van der Waals surface area contributed by atoms with Crippen molar-refractivity contribution in [1.29, 1.82) is 5.26 Å². The summed E-state index contributed by atoms with van der Waals surface area (Å²) in [4.78, 5) is 23.7. The summed E-state index contributed by atoms with van der Waals surface area (Å²) >= 11 is 5.90. The lowest BCUT2D eigenvalue weighted by atomic mass is 9.98. The molecule has 0 spiro atoms. The van der Waals surface area contributed by atoms with E-state index in [4.69, 9.17) is 16.3 Å². The predicted octanol–water partition coefficient (Wildman–Crippen LogP) is 5.45. The molecule has 2 rings (SSSR count). The van der Waals surface area contributed by atoms with Gasteiger partial charge < -0.3 is 9.47 Å². The van der Waals surface area contributed by atoms with E-state index >= 15 is 0 Å². The van der Waals surface area contributed by atoms with Crippen molar-refractivity contribution in [2.45, 2.75) is 25.1 Å². The smallest absolute Gasteiger partial charge is 0.465 e. The van der Waals surface area contributed by atoms with E-state index in [1.54, 1.807) is 24.3 Å². The highest BCUT2D eigenvalue weighted by Gasteiger charge is 2.31. The van der Waals surface area contributed by atoms with Gasteiger partial charge in [0.1, 0.15) is 12.2 Å². The van der Waals surface area contributed by atoms with Crippen LogP contribution >= 0.6 is 11.6 Å². The number of esters is 1. The number of hydrogen-bond donors (Lipinski definition) is 0. The number of carbonyl (C=O) groups excluding carboxylic acids is 2. The minimum Gasteiger partial charge on any atom is -0.465 e. The van der Waals surface area contributed by atoms with Crippen LogP contribution in [0.5, 0.6) is 5.75 Å². The van der Waals surface area contributed by atoms with E-state index < -0.39 is 36.2 Å². The van der Waals surface area contributed by atoms with E-state index in [9.17, 15) is 28.0 Å². The number of ether oxygens (including phenoxy) is 2. The number of nitrogens with zero attached hydrogens (tertiary/aromatic N) is 1. The fourth-order valence-electron chi connectivity index (χ4n) is 2.58. The molecule has 1 unspecified atom stereocenters. The Morgan fingerprint density at radius 3 is 2.58 bits per heavy atom. The lowest BCUT2D eigenvalue weighted by Gasteiger charge is -2.10. The standard InChI is InChI=1S/C22H17ClF3NO4/c23-18-5-2-4-16(12-18)17(14-27)9-10-30-21(29)13-19(28)8-7-15-3-1-6-20(11-15)31-22(24,25)26/h1-8,11-12,17H,9-10,13H2. The van der Waals surface area contributed by atoms with Crippen LogP contribution in [0.3, 0.4) is 0 Å². The first-order chi connectivity index (χ1) is 14.7. The van der Waals surface area contributed by atoms with Crippen molar-refractivity contribution < 1.29 is 32.2 Å². The highest BCUT2D eigenvalue weighted by molar-refractivity contribution is 6.30. The van der Waals surface area contributed by atoms with Crippen molar-refractivity contribution in [2.24, 2.45) is 0 Å². The van der Waals surface area contributed by atoms with Crippen LogP contribution < -0.4 is 4.74 Å². The molecule has 31 heavy (non-hydrogen) atoms. The molecule has 0 aliphatic carbocycles. The Kier molecular flexibility index (Phi) is 8.64. The number of alkyl halides is 3. The number of ketones is 1. The molecule has 2 aromatic carbocycles. The fraction of sp³-hybridized carbons (Fsp3) is 0.227. The Balaban J connectivity index is 1.81. The molecule has 162 valence electrons. The minimum absolute atomic E-state index is 0.0581. The Bertz CT molecular complexity index is 999. The van der Waals surface area contributed by atoms with Crippen LogP contribution in [0.2, 0.25) is 5.02 Å². The quantitative estimate of drug-likeness (QED) is 0.288. The van der Waals surface area contributed by atoms with Gasteiger partial charge in [-0.1, -0.05) is 41.9 Å². The van der Waals surface area contributed by atoms with Crippen molar-refractivity contribution in [3.8, 4) is 11.8 Å². The monoisotopic (exact) mass is 451 g/mol. The normalized spacial score (nSPS) is 12.2. The first kappa shape index (κ1) is 24.0. The molecular weight excluding hydrogens is 435 g/mol. The van der Waals surface area contributed by atoms with Gasteiger partial charge in [-0.05, 0) is 41.5 Å². The Labute approximate surface area is 181 Å². The van der Waals surface area contributed by atoms with Crippen molar-refractivity contribution in [1.82, 2.24) is 0 Å². The molecule has 0 aromatic heterocycles. The molecule has 2 aromatic rings. The number of allylic oxidation sites excluding steroid dienone is 1. The zero-order valence-corrected chi connectivity index (χ0v) is 16.8. The number of hydrogen-bond acceptors (Lipinski definition) is 5. The van der Waals surface area contributed by atoms with Gasteiger partial charge in [0.05, 0.1) is 18.6 Å². The number of halogens is 4. The van der Waals surface area contributed by atoms with E-state index in [1.165, 1.54) is 18.2 Å². The van der Waals surface area contributed by atoms with Crippen LogP contribution in [0.15, 0.2) is 54.6 Å². The topological polar surface area (TPSA) is 76.4 Å². The zero-order chi connectivity index (χ0) is 22.9. The summed E-state index contributed by atoms with van der Waals surface area (Å²) in [7, 11) is 0. The average Bonchev–Trinajstić information content (AvgIpc) is 2.68. The zero-order valence-electron chi connectivity index (χ0n) is 16.1. The van der Waals surface area contributed by atoms with Gasteiger partial charge in [0.2, 0.25) is 0 Å². The Hall–Kier alpha value is -3.31. The maximum atomic E-state index is 12.2. The highest BCUT2D eigenvalue weighted by atomic mass is 35.5. The summed E-state index contributed by atoms with van der Waals surface area (Å²) in [5.41, 5.74) is 0.989. The van der Waals surface area contributed by atoms with Crippen molar-refractivity contribution >= 4 is 29.4 Å². The molecule has 0 N–H and O–H groups in total. The van der Waals surface area contributed by atoms with Crippen molar-refractivity contribution in [3.05, 3.63) is 70.8 Å². The van der Waals surface area contributed by atoms with Crippen LogP contribution in [0.4, 0.5) is 13.2 Å². The molecule has 0 fully saturated rings. The van der Waals surface area contributed by atoms with Crippen molar-refractivity contribution in [2.75, 3.05) is 6.61 Å². The fourth-order valence-corrected chi connectivity index (χ4v) is 2.78. The molecule has 0 saturated carbocycles. The largest absolute Gasteiger partial charge is 0.573 e. The number of benzene rings is 2. The Morgan fingerprint density at radius 1 is 1.16 bits per heavy atom. The molecule has 0 heterocycles. The van der Waals surface area contributed by atoms with Gasteiger partial charge >= 0.3 is 12.3 Å². The molecule has 5 nitrogen and oxygen atoms in total. The summed E-state index contributed by atoms with van der Waals surface area (Å²) < 4.78 is 45.6. The van der Waals surface area contributed by atoms with Crippen LogP contribution in [0, 0.1) is 11.3 Å². The summed E-state index contributed by atoms with van der Waals surface area (Å²) in [6.07, 6.45) is -2.79. The average molecular weight is 452 g/mol. The van der Waals surface area contributed by atoms with E-state index in [-0.39, 0.29) is 13.0 Å². The SMILES string of the molecule is N#CC(CCOC(=O)CC(=O)C=Cc1cccc(OC(F)(F)F)c1)c1cccc(Cl)c1. The lowest BCUT2D eigenvalue weighted by Crippen LogP contribution is -2.17. The van der Waals surface area contributed by atoms with Gasteiger partial charge in [0.15, 0.2) is 5.78 Å². The molecule has 0 bridgehead atoms. The van der Waals surface area contributed by atoms with Gasteiger partial charge in [-0.2, -0.15) is 5.26 Å². The number of nitriles is 1. The van der Waals surface area contributed by atoms with Gasteiger partial charge in [-0.3, -0.25) is 9.59 Å². The summed E-state index contributed by atoms with van der Waals surface area (Å²) in [5, 5.41) is 9.76. The second kappa shape index (κ2) is 11.2. The molecule has 1 atom stereocenters.